The van der Waals surface area contributed by atoms with Crippen LogP contribution in [0.15, 0.2) is 59.8 Å². The summed E-state index contributed by atoms with van der Waals surface area (Å²) in [6.45, 7) is 2.72. The smallest absolute Gasteiger partial charge is 0.246 e. The van der Waals surface area contributed by atoms with Gasteiger partial charge in [-0.25, -0.2) is 22.2 Å². The monoisotopic (exact) mass is 474 g/mol. The van der Waals surface area contributed by atoms with E-state index in [2.05, 4.69) is 10.3 Å². The summed E-state index contributed by atoms with van der Waals surface area (Å²) in [6.07, 6.45) is 4.23. The lowest BCUT2D eigenvalue weighted by atomic mass is 9.97. The topological polar surface area (TPSA) is 84.3 Å². The van der Waals surface area contributed by atoms with Crippen LogP contribution < -0.4 is 5.32 Å². The number of aryl methyl sites for hydroxylation is 1. The largest absolute Gasteiger partial charge is 0.331 e. The first-order valence-electron chi connectivity index (χ1n) is 10.6. The minimum Gasteiger partial charge on any atom is -0.331 e. The van der Waals surface area contributed by atoms with Crippen LogP contribution in [0, 0.1) is 24.5 Å². The van der Waals surface area contributed by atoms with Crippen LogP contribution in [0.2, 0.25) is 0 Å². The van der Waals surface area contributed by atoms with Gasteiger partial charge in [0.05, 0.1) is 0 Å². The highest BCUT2D eigenvalue weighted by atomic mass is 32.2. The first-order valence-corrected chi connectivity index (χ1v) is 12.0. The zero-order valence-electron chi connectivity index (χ0n) is 18.0. The van der Waals surface area contributed by atoms with E-state index in [1.54, 1.807) is 6.20 Å². The highest BCUT2D eigenvalue weighted by Crippen LogP contribution is 2.27. The quantitative estimate of drug-likeness (QED) is 0.592. The van der Waals surface area contributed by atoms with Gasteiger partial charge in [0, 0.05) is 43.6 Å². The Morgan fingerprint density at radius 3 is 2.45 bits per heavy atom. The van der Waals surface area contributed by atoms with Crippen LogP contribution in [0.1, 0.15) is 24.2 Å². The Morgan fingerprint density at radius 2 is 1.82 bits per heavy atom. The molecule has 0 spiro atoms. The molecule has 0 aliphatic carbocycles. The van der Waals surface area contributed by atoms with Gasteiger partial charge in [0.15, 0.2) is 0 Å². The lowest BCUT2D eigenvalue weighted by molar-refractivity contribution is -0.120. The lowest BCUT2D eigenvalue weighted by Crippen LogP contribution is -2.41. The number of sulfonamides is 1. The predicted octanol–water partition coefficient (Wildman–Crippen LogP) is 3.56. The maximum Gasteiger partial charge on any atom is 0.246 e. The molecule has 1 aliphatic rings. The minimum atomic E-state index is -4.17. The van der Waals surface area contributed by atoms with Crippen LogP contribution in [-0.2, 0) is 21.4 Å². The highest BCUT2D eigenvalue weighted by Gasteiger charge is 2.33. The third-order valence-electron chi connectivity index (χ3n) is 5.83. The molecular weight excluding hydrogens is 450 g/mol. The van der Waals surface area contributed by atoms with E-state index in [1.807, 2.05) is 42.0 Å². The Bertz CT molecular complexity index is 1250. The summed E-state index contributed by atoms with van der Waals surface area (Å²) in [5.41, 5.74) is 1.72. The van der Waals surface area contributed by atoms with E-state index in [4.69, 9.17) is 0 Å². The van der Waals surface area contributed by atoms with E-state index in [9.17, 15) is 22.0 Å². The van der Waals surface area contributed by atoms with Crippen molar-refractivity contribution in [2.24, 2.45) is 5.92 Å². The molecule has 2 heterocycles. The Hall–Kier alpha value is -3.11. The molecule has 33 heavy (non-hydrogen) atoms. The van der Waals surface area contributed by atoms with Crippen LogP contribution in [0.4, 0.5) is 14.5 Å². The molecule has 3 aromatic rings. The Labute approximate surface area is 191 Å². The molecule has 174 valence electrons. The normalized spacial score (nSPS) is 15.5. The van der Waals surface area contributed by atoms with Gasteiger partial charge in [-0.2, -0.15) is 4.31 Å². The summed E-state index contributed by atoms with van der Waals surface area (Å²) >= 11 is 0. The van der Waals surface area contributed by atoms with Crippen molar-refractivity contribution in [1.82, 2.24) is 13.9 Å². The SMILES string of the molecule is Cc1nccn1Cc1ccc(NC(=O)C2CCN(S(=O)(=O)c3cc(F)ccc3F)CC2)cc1. The van der Waals surface area contributed by atoms with Gasteiger partial charge in [0.25, 0.3) is 0 Å². The van der Waals surface area contributed by atoms with Crippen LogP contribution in [0.25, 0.3) is 0 Å². The van der Waals surface area contributed by atoms with Gasteiger partial charge in [-0.3, -0.25) is 4.79 Å². The molecule has 10 heteroatoms. The number of nitrogens with one attached hydrogen (secondary N) is 1. The van der Waals surface area contributed by atoms with Gasteiger partial charge in [-0.15, -0.1) is 0 Å². The average molecular weight is 475 g/mol. The van der Waals surface area contributed by atoms with Gasteiger partial charge in [-0.1, -0.05) is 12.1 Å². The number of hydrogen-bond acceptors (Lipinski definition) is 4. The third-order valence-corrected chi connectivity index (χ3v) is 7.75. The zero-order chi connectivity index (χ0) is 23.6. The number of amides is 1. The highest BCUT2D eigenvalue weighted by molar-refractivity contribution is 7.89. The van der Waals surface area contributed by atoms with Crippen LogP contribution in [0.3, 0.4) is 0 Å². The van der Waals surface area contributed by atoms with Crippen molar-refractivity contribution in [3.05, 3.63) is 77.9 Å². The molecule has 0 unspecified atom stereocenters. The second-order valence-corrected chi connectivity index (χ2v) is 9.95. The standard InChI is InChI=1S/C23H24F2N4O3S/c1-16-26-10-13-28(16)15-17-2-5-20(6-3-17)27-23(30)18-8-11-29(12-9-18)33(31,32)22-14-19(24)4-7-21(22)25/h2-7,10,13-14,18H,8-9,11-12,15H2,1H3,(H,27,30). The van der Waals surface area contributed by atoms with Gasteiger partial charge in [0.2, 0.25) is 15.9 Å². The number of nitrogens with zero attached hydrogens (tertiary/aromatic N) is 3. The lowest BCUT2D eigenvalue weighted by Gasteiger charge is -2.30. The van der Waals surface area contributed by atoms with Gasteiger partial charge in [-0.05, 0) is 55.7 Å². The van der Waals surface area contributed by atoms with Crippen molar-refractivity contribution >= 4 is 21.6 Å². The average Bonchev–Trinajstić information content (AvgIpc) is 3.21. The molecular formula is C23H24F2N4O3S. The second kappa shape index (κ2) is 9.40. The molecule has 7 nitrogen and oxygen atoms in total. The molecule has 0 radical (unpaired) electrons. The molecule has 1 saturated heterocycles. The third kappa shape index (κ3) is 5.12. The molecule has 0 bridgehead atoms. The summed E-state index contributed by atoms with van der Waals surface area (Å²) in [6, 6.07) is 9.86. The molecule has 2 aromatic carbocycles. The number of carbonyl (C=O) groups is 1. The molecule has 4 rings (SSSR count). The van der Waals surface area contributed by atoms with Gasteiger partial charge in [0.1, 0.15) is 22.4 Å². The maximum absolute atomic E-state index is 14.0. The number of aromatic nitrogens is 2. The Kier molecular flexibility index (Phi) is 6.57. The zero-order valence-corrected chi connectivity index (χ0v) is 18.9. The van der Waals surface area contributed by atoms with Crippen molar-refractivity contribution in [3.63, 3.8) is 0 Å². The number of carbonyl (C=O) groups excluding carboxylic acids is 1. The van der Waals surface area contributed by atoms with E-state index in [0.29, 0.717) is 31.1 Å². The molecule has 0 saturated carbocycles. The molecule has 1 fully saturated rings. The van der Waals surface area contributed by atoms with E-state index in [-0.39, 0.29) is 24.9 Å². The number of imidazole rings is 1. The van der Waals surface area contributed by atoms with Gasteiger partial charge >= 0.3 is 0 Å². The minimum absolute atomic E-state index is 0.0551. The Balaban J connectivity index is 1.34. The number of hydrogen-bond donors (Lipinski definition) is 1. The Morgan fingerprint density at radius 1 is 1.12 bits per heavy atom. The summed E-state index contributed by atoms with van der Waals surface area (Å²) in [5, 5.41) is 2.88. The number of halogens is 2. The molecule has 1 N–H and O–H groups in total. The number of piperidine rings is 1. The van der Waals surface area contributed by atoms with E-state index in [1.165, 1.54) is 0 Å². The summed E-state index contributed by atoms with van der Waals surface area (Å²) in [4.78, 5) is 16.2. The van der Waals surface area contributed by atoms with Crippen molar-refractivity contribution in [3.8, 4) is 0 Å². The first kappa shape index (κ1) is 23.1. The van der Waals surface area contributed by atoms with Gasteiger partial charge < -0.3 is 9.88 Å². The number of rotatable bonds is 6. The fourth-order valence-corrected chi connectivity index (χ4v) is 5.42. The fourth-order valence-electron chi connectivity index (χ4n) is 3.88. The van der Waals surface area contributed by atoms with Crippen molar-refractivity contribution in [2.75, 3.05) is 18.4 Å². The van der Waals surface area contributed by atoms with Crippen LogP contribution in [-0.4, -0.2) is 41.3 Å². The molecule has 1 amide bonds. The van der Waals surface area contributed by atoms with Crippen molar-refractivity contribution in [2.45, 2.75) is 31.2 Å². The number of anilines is 1. The van der Waals surface area contributed by atoms with Crippen molar-refractivity contribution in [1.29, 1.82) is 0 Å². The van der Waals surface area contributed by atoms with Crippen molar-refractivity contribution < 1.29 is 22.0 Å². The molecule has 0 atom stereocenters. The predicted molar refractivity (Wildman–Crippen MR) is 119 cm³/mol. The summed E-state index contributed by atoms with van der Waals surface area (Å²) < 4.78 is 56.0. The van der Waals surface area contributed by atoms with E-state index >= 15 is 0 Å². The molecule has 1 aromatic heterocycles. The van der Waals surface area contributed by atoms with E-state index in [0.717, 1.165) is 27.8 Å². The van der Waals surface area contributed by atoms with Crippen LogP contribution >= 0.6 is 0 Å². The summed E-state index contributed by atoms with van der Waals surface area (Å²) in [5.74, 6) is -1.47. The first-order chi connectivity index (χ1) is 15.7. The second-order valence-electron chi connectivity index (χ2n) is 8.04. The fraction of sp³-hybridized carbons (Fsp3) is 0.304. The maximum atomic E-state index is 14.0. The van der Waals surface area contributed by atoms with E-state index < -0.39 is 26.6 Å². The summed E-state index contributed by atoms with van der Waals surface area (Å²) in [7, 11) is -4.17. The molecule has 1 aliphatic heterocycles. The number of benzene rings is 2. The van der Waals surface area contributed by atoms with Crippen LogP contribution in [0.5, 0.6) is 0 Å².